The first-order chi connectivity index (χ1) is 7.30. The SMILES string of the molecule is C/C(=N/[S+]([O-])C(C)(C)C)c1ccc(Br)nc1. The van der Waals surface area contributed by atoms with E-state index in [2.05, 4.69) is 25.3 Å². The lowest BCUT2D eigenvalue weighted by atomic mass is 10.2. The van der Waals surface area contributed by atoms with Gasteiger partial charge in [-0.1, -0.05) is 4.40 Å². The summed E-state index contributed by atoms with van der Waals surface area (Å²) in [7, 11) is 0. The molecule has 0 fully saturated rings. The van der Waals surface area contributed by atoms with Gasteiger partial charge in [0.25, 0.3) is 0 Å². The van der Waals surface area contributed by atoms with Gasteiger partial charge in [-0.3, -0.25) is 0 Å². The van der Waals surface area contributed by atoms with Crippen molar-refractivity contribution in [2.45, 2.75) is 32.4 Å². The van der Waals surface area contributed by atoms with E-state index in [1.165, 1.54) is 0 Å². The van der Waals surface area contributed by atoms with Crippen LogP contribution in [-0.4, -0.2) is 20.0 Å². The summed E-state index contributed by atoms with van der Waals surface area (Å²) in [6, 6.07) is 3.74. The third-order valence-corrected chi connectivity index (χ3v) is 3.85. The van der Waals surface area contributed by atoms with Gasteiger partial charge in [-0.15, -0.1) is 0 Å². The Morgan fingerprint density at radius 3 is 2.50 bits per heavy atom. The van der Waals surface area contributed by atoms with Gasteiger partial charge < -0.3 is 4.55 Å². The Hall–Kier alpha value is -0.390. The topological polar surface area (TPSA) is 48.3 Å². The van der Waals surface area contributed by atoms with Crippen molar-refractivity contribution < 1.29 is 4.55 Å². The molecule has 1 heterocycles. The molecule has 0 aliphatic rings. The van der Waals surface area contributed by atoms with Crippen LogP contribution >= 0.6 is 15.9 Å². The molecular formula is C11H15BrN2OS. The van der Waals surface area contributed by atoms with Crippen molar-refractivity contribution in [3.05, 3.63) is 28.5 Å². The zero-order valence-electron chi connectivity index (χ0n) is 9.82. The van der Waals surface area contributed by atoms with Crippen LogP contribution in [0, 0.1) is 0 Å². The van der Waals surface area contributed by atoms with Crippen LogP contribution in [0.4, 0.5) is 0 Å². The van der Waals surface area contributed by atoms with Gasteiger partial charge in [0.05, 0.1) is 5.71 Å². The summed E-state index contributed by atoms with van der Waals surface area (Å²) in [6.45, 7) is 7.55. The summed E-state index contributed by atoms with van der Waals surface area (Å²) in [5, 5.41) is 0. The monoisotopic (exact) mass is 302 g/mol. The molecule has 0 saturated carbocycles. The largest absolute Gasteiger partial charge is 0.591 e. The average molecular weight is 303 g/mol. The first-order valence-corrected chi connectivity index (χ1v) is 6.80. The molecule has 0 bridgehead atoms. The summed E-state index contributed by atoms with van der Waals surface area (Å²) in [5.41, 5.74) is 1.63. The average Bonchev–Trinajstić information content (AvgIpc) is 2.17. The van der Waals surface area contributed by atoms with Gasteiger partial charge in [0.2, 0.25) is 0 Å². The van der Waals surface area contributed by atoms with Crippen molar-refractivity contribution in [3.8, 4) is 0 Å². The minimum atomic E-state index is -1.22. The first kappa shape index (κ1) is 13.7. The van der Waals surface area contributed by atoms with E-state index >= 15 is 0 Å². The molecule has 1 aromatic heterocycles. The van der Waals surface area contributed by atoms with E-state index in [1.807, 2.05) is 39.8 Å². The second kappa shape index (κ2) is 5.29. The van der Waals surface area contributed by atoms with Crippen molar-refractivity contribution >= 4 is 33.0 Å². The summed E-state index contributed by atoms with van der Waals surface area (Å²) >= 11 is 2.04. The molecule has 5 heteroatoms. The Morgan fingerprint density at radius 2 is 2.06 bits per heavy atom. The minimum Gasteiger partial charge on any atom is -0.591 e. The molecule has 3 nitrogen and oxygen atoms in total. The second-order valence-electron chi connectivity index (χ2n) is 4.41. The third-order valence-electron chi connectivity index (χ3n) is 1.89. The van der Waals surface area contributed by atoms with Gasteiger partial charge in [0.1, 0.15) is 20.7 Å². The Bertz CT molecular complexity index is 384. The van der Waals surface area contributed by atoms with E-state index in [4.69, 9.17) is 0 Å². The number of nitrogens with zero attached hydrogens (tertiary/aromatic N) is 2. The molecule has 0 spiro atoms. The maximum atomic E-state index is 11.8. The fourth-order valence-corrected chi connectivity index (χ4v) is 1.77. The van der Waals surface area contributed by atoms with Gasteiger partial charge in [-0.2, -0.15) is 0 Å². The summed E-state index contributed by atoms with van der Waals surface area (Å²) < 4.78 is 16.4. The van der Waals surface area contributed by atoms with E-state index < -0.39 is 11.4 Å². The van der Waals surface area contributed by atoms with Crippen LogP contribution in [0.1, 0.15) is 33.3 Å². The highest BCUT2D eigenvalue weighted by atomic mass is 79.9. The highest BCUT2D eigenvalue weighted by Gasteiger charge is 2.26. The fourth-order valence-electron chi connectivity index (χ4n) is 0.904. The number of pyridine rings is 1. The Kier molecular flexibility index (Phi) is 4.52. The lowest BCUT2D eigenvalue weighted by Gasteiger charge is -2.18. The normalized spacial score (nSPS) is 15.0. The predicted octanol–water partition coefficient (Wildman–Crippen LogP) is 3.12. The molecule has 16 heavy (non-hydrogen) atoms. The zero-order chi connectivity index (χ0) is 12.3. The van der Waals surface area contributed by atoms with Gasteiger partial charge in [0.15, 0.2) is 0 Å². The second-order valence-corrected chi connectivity index (χ2v) is 7.13. The van der Waals surface area contributed by atoms with E-state index in [-0.39, 0.29) is 4.75 Å². The molecule has 1 unspecified atom stereocenters. The molecule has 1 rings (SSSR count). The van der Waals surface area contributed by atoms with Gasteiger partial charge >= 0.3 is 0 Å². The first-order valence-electron chi connectivity index (χ1n) is 4.90. The van der Waals surface area contributed by atoms with Gasteiger partial charge in [-0.05, 0) is 55.8 Å². The molecule has 0 radical (unpaired) electrons. The van der Waals surface area contributed by atoms with Gasteiger partial charge in [0, 0.05) is 11.8 Å². The zero-order valence-corrected chi connectivity index (χ0v) is 12.2. The molecule has 88 valence electrons. The van der Waals surface area contributed by atoms with Crippen LogP contribution in [0.2, 0.25) is 0 Å². The summed E-state index contributed by atoms with van der Waals surface area (Å²) in [5.74, 6) is 0. The number of halogens is 1. The molecule has 0 aliphatic heterocycles. The summed E-state index contributed by atoms with van der Waals surface area (Å²) in [4.78, 5) is 4.11. The number of hydrogen-bond acceptors (Lipinski definition) is 3. The summed E-state index contributed by atoms with van der Waals surface area (Å²) in [6.07, 6.45) is 1.71. The van der Waals surface area contributed by atoms with Gasteiger partial charge in [-0.25, -0.2) is 4.98 Å². The molecule has 0 aromatic carbocycles. The molecule has 0 amide bonds. The lowest BCUT2D eigenvalue weighted by molar-refractivity contribution is 0.561. The van der Waals surface area contributed by atoms with Crippen LogP contribution in [0.25, 0.3) is 0 Å². The van der Waals surface area contributed by atoms with E-state index in [0.29, 0.717) is 0 Å². The lowest BCUT2D eigenvalue weighted by Crippen LogP contribution is -2.26. The highest BCUT2D eigenvalue weighted by molar-refractivity contribution is 9.10. The van der Waals surface area contributed by atoms with Crippen molar-refractivity contribution in [1.82, 2.24) is 4.98 Å². The maximum absolute atomic E-state index is 11.8. The third kappa shape index (κ3) is 3.88. The highest BCUT2D eigenvalue weighted by Crippen LogP contribution is 2.18. The molecule has 0 aliphatic carbocycles. The van der Waals surface area contributed by atoms with Crippen molar-refractivity contribution in [2.24, 2.45) is 4.40 Å². The Balaban J connectivity index is 2.89. The van der Waals surface area contributed by atoms with Crippen LogP contribution in [0.3, 0.4) is 0 Å². The Morgan fingerprint density at radius 1 is 1.44 bits per heavy atom. The molecule has 0 N–H and O–H groups in total. The standard InChI is InChI=1S/C11H15BrN2OS/c1-8(14-16(15)11(2,3)4)9-5-6-10(12)13-7-9/h5-7H,1-4H3/b14-8-. The maximum Gasteiger partial charge on any atom is 0.144 e. The molecular weight excluding hydrogens is 288 g/mol. The predicted molar refractivity (Wildman–Crippen MR) is 72.0 cm³/mol. The number of rotatable bonds is 2. The van der Waals surface area contributed by atoms with Crippen molar-refractivity contribution in [1.29, 1.82) is 0 Å². The minimum absolute atomic E-state index is 0.329. The van der Waals surface area contributed by atoms with Crippen LogP contribution in [0.15, 0.2) is 27.3 Å². The smallest absolute Gasteiger partial charge is 0.144 e. The van der Waals surface area contributed by atoms with E-state index in [0.717, 1.165) is 15.9 Å². The number of hydrogen-bond donors (Lipinski definition) is 0. The van der Waals surface area contributed by atoms with Crippen molar-refractivity contribution in [3.63, 3.8) is 0 Å². The van der Waals surface area contributed by atoms with E-state index in [9.17, 15) is 4.55 Å². The Labute approximate surface area is 108 Å². The van der Waals surface area contributed by atoms with Crippen LogP contribution in [0.5, 0.6) is 0 Å². The molecule has 1 aromatic rings. The van der Waals surface area contributed by atoms with E-state index in [1.54, 1.807) is 6.20 Å². The quantitative estimate of drug-likeness (QED) is 0.479. The molecule has 0 saturated heterocycles. The van der Waals surface area contributed by atoms with Crippen LogP contribution in [-0.2, 0) is 11.4 Å². The number of aromatic nitrogens is 1. The molecule has 1 atom stereocenters. The van der Waals surface area contributed by atoms with Crippen molar-refractivity contribution in [2.75, 3.05) is 0 Å². The fraction of sp³-hybridized carbons (Fsp3) is 0.455. The van der Waals surface area contributed by atoms with Crippen LogP contribution < -0.4 is 0 Å².